The van der Waals surface area contributed by atoms with E-state index in [1.54, 1.807) is 24.3 Å². The highest BCUT2D eigenvalue weighted by molar-refractivity contribution is 6.36. The third-order valence-electron chi connectivity index (χ3n) is 3.63. The molecule has 0 radical (unpaired) electrons. The highest BCUT2D eigenvalue weighted by Crippen LogP contribution is 2.24. The maximum atomic E-state index is 13.3. The second-order valence-electron chi connectivity index (χ2n) is 5.39. The Hall–Kier alpha value is -2.70. The van der Waals surface area contributed by atoms with Gasteiger partial charge in [0.25, 0.3) is 5.91 Å². The van der Waals surface area contributed by atoms with E-state index >= 15 is 0 Å². The van der Waals surface area contributed by atoms with Crippen molar-refractivity contribution in [1.82, 2.24) is 15.3 Å². The SMILES string of the molecule is Nc1nc(-c2cccc(F)c2)ncc1C(=O)NCc1c(Cl)cccc1Cl. The number of hydrogen-bond acceptors (Lipinski definition) is 4. The van der Waals surface area contributed by atoms with Crippen molar-refractivity contribution in [2.24, 2.45) is 0 Å². The van der Waals surface area contributed by atoms with E-state index in [4.69, 9.17) is 28.9 Å². The summed E-state index contributed by atoms with van der Waals surface area (Å²) in [4.78, 5) is 20.5. The van der Waals surface area contributed by atoms with E-state index in [0.29, 0.717) is 21.2 Å². The van der Waals surface area contributed by atoms with Gasteiger partial charge in [-0.1, -0.05) is 41.4 Å². The number of halogens is 3. The molecule has 26 heavy (non-hydrogen) atoms. The second-order valence-corrected chi connectivity index (χ2v) is 6.20. The molecule has 1 amide bonds. The number of carbonyl (C=O) groups excluding carboxylic acids is 1. The highest BCUT2D eigenvalue weighted by atomic mass is 35.5. The first-order valence-electron chi connectivity index (χ1n) is 7.55. The van der Waals surface area contributed by atoms with Crippen LogP contribution < -0.4 is 11.1 Å². The molecule has 3 rings (SSSR count). The standard InChI is InChI=1S/C18H13Cl2FN4O/c19-14-5-2-6-15(20)12(14)8-24-18(26)13-9-23-17(25-16(13)22)10-3-1-4-11(21)7-10/h1-7,9H,8H2,(H,24,26)(H2,22,23,25). The van der Waals surface area contributed by atoms with E-state index < -0.39 is 11.7 Å². The van der Waals surface area contributed by atoms with Crippen molar-refractivity contribution in [3.8, 4) is 11.4 Å². The molecule has 0 saturated heterocycles. The maximum Gasteiger partial charge on any atom is 0.256 e. The monoisotopic (exact) mass is 390 g/mol. The third kappa shape index (κ3) is 3.92. The molecule has 0 aliphatic carbocycles. The molecule has 0 fully saturated rings. The predicted molar refractivity (Wildman–Crippen MR) is 99.5 cm³/mol. The lowest BCUT2D eigenvalue weighted by Crippen LogP contribution is -2.25. The zero-order chi connectivity index (χ0) is 18.7. The fourth-order valence-electron chi connectivity index (χ4n) is 2.30. The lowest BCUT2D eigenvalue weighted by molar-refractivity contribution is 0.0951. The number of hydrogen-bond donors (Lipinski definition) is 2. The summed E-state index contributed by atoms with van der Waals surface area (Å²) < 4.78 is 13.3. The number of nitrogens with two attached hydrogens (primary N) is 1. The van der Waals surface area contributed by atoms with Crippen LogP contribution in [0.2, 0.25) is 10.0 Å². The number of rotatable bonds is 4. The van der Waals surface area contributed by atoms with Crippen LogP contribution in [0.15, 0.2) is 48.7 Å². The van der Waals surface area contributed by atoms with Crippen molar-refractivity contribution >= 4 is 34.9 Å². The first-order chi connectivity index (χ1) is 12.5. The molecule has 3 aromatic rings. The Morgan fingerprint density at radius 2 is 1.85 bits per heavy atom. The average Bonchev–Trinajstić information content (AvgIpc) is 2.61. The zero-order valence-electron chi connectivity index (χ0n) is 13.3. The third-order valence-corrected chi connectivity index (χ3v) is 4.34. The Bertz CT molecular complexity index is 961. The Labute approximate surface area is 159 Å². The fourth-order valence-corrected chi connectivity index (χ4v) is 2.83. The summed E-state index contributed by atoms with van der Waals surface area (Å²) in [6, 6.07) is 10.9. The summed E-state index contributed by atoms with van der Waals surface area (Å²) in [6.45, 7) is 0.127. The van der Waals surface area contributed by atoms with Gasteiger partial charge >= 0.3 is 0 Å². The molecule has 0 saturated carbocycles. The molecule has 0 spiro atoms. The van der Waals surface area contributed by atoms with Gasteiger partial charge in [-0.25, -0.2) is 14.4 Å². The minimum absolute atomic E-state index is 0.0120. The lowest BCUT2D eigenvalue weighted by atomic mass is 10.2. The van der Waals surface area contributed by atoms with Gasteiger partial charge in [0, 0.05) is 33.9 Å². The summed E-state index contributed by atoms with van der Waals surface area (Å²) in [7, 11) is 0. The van der Waals surface area contributed by atoms with Crippen LogP contribution >= 0.6 is 23.2 Å². The topological polar surface area (TPSA) is 80.9 Å². The first kappa shape index (κ1) is 18.1. The molecule has 1 heterocycles. The number of carbonyl (C=O) groups is 1. The van der Waals surface area contributed by atoms with E-state index in [9.17, 15) is 9.18 Å². The van der Waals surface area contributed by atoms with Crippen LogP contribution in [0.4, 0.5) is 10.2 Å². The minimum Gasteiger partial charge on any atom is -0.383 e. The molecule has 132 valence electrons. The Kier molecular flexibility index (Phi) is 5.35. The van der Waals surface area contributed by atoms with Crippen molar-refractivity contribution in [2.75, 3.05) is 5.73 Å². The van der Waals surface area contributed by atoms with Crippen molar-refractivity contribution in [1.29, 1.82) is 0 Å². The molecule has 0 unspecified atom stereocenters. The summed E-state index contributed by atoms with van der Waals surface area (Å²) in [5.41, 5.74) is 7.04. The van der Waals surface area contributed by atoms with Gasteiger partial charge in [-0.2, -0.15) is 0 Å². The highest BCUT2D eigenvalue weighted by Gasteiger charge is 2.15. The Balaban J connectivity index is 1.78. The Morgan fingerprint density at radius 1 is 1.15 bits per heavy atom. The molecule has 0 bridgehead atoms. The number of anilines is 1. The number of amides is 1. The molecule has 5 nitrogen and oxygen atoms in total. The van der Waals surface area contributed by atoms with Crippen LogP contribution in [0, 0.1) is 5.82 Å². The van der Waals surface area contributed by atoms with Gasteiger partial charge in [-0.05, 0) is 24.3 Å². The first-order valence-corrected chi connectivity index (χ1v) is 8.31. The Morgan fingerprint density at radius 3 is 2.50 bits per heavy atom. The summed E-state index contributed by atoms with van der Waals surface area (Å²) in [5.74, 6) is -0.665. The van der Waals surface area contributed by atoms with E-state index in [-0.39, 0.29) is 23.8 Å². The van der Waals surface area contributed by atoms with Gasteiger partial charge in [0.2, 0.25) is 0 Å². The fraction of sp³-hybridized carbons (Fsp3) is 0.0556. The van der Waals surface area contributed by atoms with Crippen molar-refractivity contribution in [2.45, 2.75) is 6.54 Å². The van der Waals surface area contributed by atoms with Gasteiger partial charge < -0.3 is 11.1 Å². The second kappa shape index (κ2) is 7.68. The number of aromatic nitrogens is 2. The number of benzene rings is 2. The molecule has 1 aromatic heterocycles. The van der Waals surface area contributed by atoms with E-state index in [1.807, 2.05) is 0 Å². The normalized spacial score (nSPS) is 10.6. The summed E-state index contributed by atoms with van der Waals surface area (Å²) in [5, 5.41) is 3.57. The maximum absolute atomic E-state index is 13.3. The van der Waals surface area contributed by atoms with Crippen LogP contribution in [0.25, 0.3) is 11.4 Å². The van der Waals surface area contributed by atoms with Crippen molar-refractivity contribution < 1.29 is 9.18 Å². The van der Waals surface area contributed by atoms with E-state index in [0.717, 1.165) is 0 Å². The minimum atomic E-state index is -0.468. The van der Waals surface area contributed by atoms with Crippen molar-refractivity contribution in [3.05, 3.63) is 75.7 Å². The largest absolute Gasteiger partial charge is 0.383 e. The molecule has 8 heteroatoms. The molecule has 3 N–H and O–H groups in total. The average molecular weight is 391 g/mol. The van der Waals surface area contributed by atoms with Crippen LogP contribution in [-0.2, 0) is 6.54 Å². The van der Waals surface area contributed by atoms with Crippen LogP contribution in [0.1, 0.15) is 15.9 Å². The predicted octanol–water partition coefficient (Wildman–Crippen LogP) is 4.10. The van der Waals surface area contributed by atoms with Gasteiger partial charge in [0.15, 0.2) is 5.82 Å². The van der Waals surface area contributed by atoms with Crippen LogP contribution in [0.3, 0.4) is 0 Å². The summed E-state index contributed by atoms with van der Waals surface area (Å²) >= 11 is 12.2. The zero-order valence-corrected chi connectivity index (χ0v) is 14.9. The van der Waals surface area contributed by atoms with Gasteiger partial charge in [0.05, 0.1) is 5.56 Å². The van der Waals surface area contributed by atoms with E-state index in [1.165, 1.54) is 24.4 Å². The number of nitrogen functional groups attached to an aromatic ring is 1. The molecular weight excluding hydrogens is 378 g/mol. The van der Waals surface area contributed by atoms with Crippen LogP contribution in [-0.4, -0.2) is 15.9 Å². The molecule has 2 aromatic carbocycles. The van der Waals surface area contributed by atoms with Crippen LogP contribution in [0.5, 0.6) is 0 Å². The van der Waals surface area contributed by atoms with Crippen molar-refractivity contribution in [3.63, 3.8) is 0 Å². The van der Waals surface area contributed by atoms with Gasteiger partial charge in [-0.15, -0.1) is 0 Å². The molecular formula is C18H13Cl2FN4O. The molecule has 0 aliphatic heterocycles. The summed E-state index contributed by atoms with van der Waals surface area (Å²) in [6.07, 6.45) is 1.30. The quantitative estimate of drug-likeness (QED) is 0.702. The lowest BCUT2D eigenvalue weighted by Gasteiger charge is -2.10. The van der Waals surface area contributed by atoms with Gasteiger partial charge in [-0.3, -0.25) is 4.79 Å². The van der Waals surface area contributed by atoms with E-state index in [2.05, 4.69) is 15.3 Å². The number of nitrogens with zero attached hydrogens (tertiary/aromatic N) is 2. The van der Waals surface area contributed by atoms with Gasteiger partial charge in [0.1, 0.15) is 11.6 Å². The molecule has 0 aliphatic rings. The number of nitrogens with one attached hydrogen (secondary N) is 1. The molecule has 0 atom stereocenters. The smallest absolute Gasteiger partial charge is 0.256 e.